The number of ether oxygens (including phenoxy) is 1. The fourth-order valence-electron chi connectivity index (χ4n) is 4.16. The van der Waals surface area contributed by atoms with Crippen LogP contribution in [0.25, 0.3) is 0 Å². The second kappa shape index (κ2) is 7.58. The molecule has 4 nitrogen and oxygen atoms in total. The largest absolute Gasteiger partial charge is 0.444 e. The van der Waals surface area contributed by atoms with Gasteiger partial charge in [-0.2, -0.15) is 0 Å². The molecule has 152 valence electrons. The minimum atomic E-state index is -0.537. The maximum atomic E-state index is 12.1. The molecule has 0 saturated heterocycles. The summed E-state index contributed by atoms with van der Waals surface area (Å²) >= 11 is 12.6. The molecule has 0 fully saturated rings. The van der Waals surface area contributed by atoms with Crippen LogP contribution in [0.2, 0.25) is 10.0 Å². The molecule has 0 spiro atoms. The maximum absolute atomic E-state index is 12.1. The van der Waals surface area contributed by atoms with Crippen molar-refractivity contribution >= 4 is 40.7 Å². The molecular formula is C23H24Cl2N2O2. The minimum Gasteiger partial charge on any atom is -0.444 e. The number of hydrogen-bond acceptors (Lipinski definition) is 3. The second-order valence-electron chi connectivity index (χ2n) is 8.57. The fourth-order valence-corrected chi connectivity index (χ4v) is 4.68. The number of anilines is 2. The third-order valence-corrected chi connectivity index (χ3v) is 5.87. The van der Waals surface area contributed by atoms with Crippen molar-refractivity contribution in [2.75, 3.05) is 10.6 Å². The van der Waals surface area contributed by atoms with Crippen LogP contribution in [0.4, 0.5) is 16.2 Å². The van der Waals surface area contributed by atoms with Crippen LogP contribution in [0.3, 0.4) is 0 Å². The molecule has 0 aromatic heterocycles. The molecule has 6 heteroatoms. The minimum absolute atomic E-state index is 0.0944. The third kappa shape index (κ3) is 4.24. The molecule has 0 saturated carbocycles. The van der Waals surface area contributed by atoms with Gasteiger partial charge in [-0.05, 0) is 74.6 Å². The van der Waals surface area contributed by atoms with Crippen molar-refractivity contribution < 1.29 is 9.53 Å². The van der Waals surface area contributed by atoms with E-state index in [0.717, 1.165) is 23.4 Å². The normalized spacial score (nSPS) is 22.4. The molecule has 0 bridgehead atoms. The van der Waals surface area contributed by atoms with E-state index in [1.807, 2.05) is 51.1 Å². The van der Waals surface area contributed by atoms with Gasteiger partial charge in [0.05, 0.1) is 6.04 Å². The molecule has 2 aromatic carbocycles. The molecule has 1 aliphatic heterocycles. The predicted octanol–water partition coefficient (Wildman–Crippen LogP) is 7.17. The van der Waals surface area contributed by atoms with Crippen molar-refractivity contribution in [2.24, 2.45) is 5.92 Å². The van der Waals surface area contributed by atoms with E-state index >= 15 is 0 Å². The van der Waals surface area contributed by atoms with Gasteiger partial charge >= 0.3 is 6.09 Å². The Bertz CT molecular complexity index is 981. The molecule has 1 amide bonds. The smallest absolute Gasteiger partial charge is 0.412 e. The molecular weight excluding hydrogens is 407 g/mol. The summed E-state index contributed by atoms with van der Waals surface area (Å²) in [5.74, 6) is 0.598. The number of nitrogens with one attached hydrogen (secondary N) is 2. The Balaban J connectivity index is 1.62. The van der Waals surface area contributed by atoms with E-state index in [9.17, 15) is 4.79 Å². The van der Waals surface area contributed by atoms with Gasteiger partial charge in [0.25, 0.3) is 0 Å². The van der Waals surface area contributed by atoms with Crippen molar-refractivity contribution in [3.63, 3.8) is 0 Å². The summed E-state index contributed by atoms with van der Waals surface area (Å²) in [6, 6.07) is 11.7. The first kappa shape index (κ1) is 20.1. The molecule has 2 aliphatic rings. The lowest BCUT2D eigenvalue weighted by Gasteiger charge is -2.38. The van der Waals surface area contributed by atoms with Gasteiger partial charge in [0.2, 0.25) is 0 Å². The summed E-state index contributed by atoms with van der Waals surface area (Å²) in [7, 11) is 0. The standard InChI is InChI=1S/C23H24Cl2N2O2/c1-23(2,3)29-22(28)26-14-8-10-20-18(12-14)15-5-4-6-16(15)21(27-20)17-9-7-13(24)11-19(17)25/h4-5,7-12,15-16,21,27H,6H2,1-3H3,(H,26,28). The second-order valence-corrected chi connectivity index (χ2v) is 9.41. The summed E-state index contributed by atoms with van der Waals surface area (Å²) in [5, 5.41) is 7.80. The van der Waals surface area contributed by atoms with Gasteiger partial charge in [-0.15, -0.1) is 0 Å². The number of amides is 1. The first-order valence-electron chi connectivity index (χ1n) is 9.73. The van der Waals surface area contributed by atoms with Crippen LogP contribution in [0.15, 0.2) is 48.6 Å². The Morgan fingerprint density at radius 2 is 1.93 bits per heavy atom. The number of carbonyl (C=O) groups is 1. The van der Waals surface area contributed by atoms with Crippen LogP contribution in [0, 0.1) is 5.92 Å². The Morgan fingerprint density at radius 1 is 1.14 bits per heavy atom. The summed E-state index contributed by atoms with van der Waals surface area (Å²) in [5.41, 5.74) is 3.45. The number of allylic oxidation sites excluding steroid dienone is 2. The molecule has 0 radical (unpaired) electrons. The zero-order valence-corrected chi connectivity index (χ0v) is 18.1. The first-order chi connectivity index (χ1) is 13.7. The van der Waals surface area contributed by atoms with Gasteiger partial charge in [0.15, 0.2) is 0 Å². The summed E-state index contributed by atoms with van der Waals surface area (Å²) < 4.78 is 5.36. The topological polar surface area (TPSA) is 50.4 Å². The van der Waals surface area contributed by atoms with E-state index in [-0.39, 0.29) is 12.0 Å². The van der Waals surface area contributed by atoms with E-state index < -0.39 is 11.7 Å². The van der Waals surface area contributed by atoms with Gasteiger partial charge in [0.1, 0.15) is 5.60 Å². The van der Waals surface area contributed by atoms with Crippen LogP contribution >= 0.6 is 23.2 Å². The quantitative estimate of drug-likeness (QED) is 0.496. The fraction of sp³-hybridized carbons (Fsp3) is 0.348. The average molecular weight is 431 g/mol. The SMILES string of the molecule is CC(C)(C)OC(=O)Nc1ccc2c(c1)C1C=CCC1C(c1ccc(Cl)cc1Cl)N2. The summed E-state index contributed by atoms with van der Waals surface area (Å²) in [6.07, 6.45) is 4.98. The van der Waals surface area contributed by atoms with E-state index in [4.69, 9.17) is 27.9 Å². The maximum Gasteiger partial charge on any atom is 0.412 e. The van der Waals surface area contributed by atoms with Crippen LogP contribution in [-0.2, 0) is 4.74 Å². The highest BCUT2D eigenvalue weighted by Crippen LogP contribution is 2.51. The van der Waals surface area contributed by atoms with Gasteiger partial charge in [-0.1, -0.05) is 41.4 Å². The molecule has 2 aromatic rings. The summed E-state index contributed by atoms with van der Waals surface area (Å²) in [4.78, 5) is 12.1. The monoisotopic (exact) mass is 430 g/mol. The number of hydrogen-bond donors (Lipinski definition) is 2. The molecule has 2 N–H and O–H groups in total. The molecule has 4 rings (SSSR count). The van der Waals surface area contributed by atoms with Gasteiger partial charge in [-0.25, -0.2) is 4.79 Å². The van der Waals surface area contributed by atoms with Crippen molar-refractivity contribution in [1.29, 1.82) is 0 Å². The Morgan fingerprint density at radius 3 is 2.66 bits per heavy atom. The highest BCUT2D eigenvalue weighted by molar-refractivity contribution is 6.35. The van der Waals surface area contributed by atoms with Crippen molar-refractivity contribution in [3.05, 3.63) is 69.7 Å². The number of halogens is 2. The van der Waals surface area contributed by atoms with E-state index in [2.05, 4.69) is 22.8 Å². The summed E-state index contributed by atoms with van der Waals surface area (Å²) in [6.45, 7) is 5.54. The Hall–Kier alpha value is -2.17. The van der Waals surface area contributed by atoms with Crippen LogP contribution in [0.5, 0.6) is 0 Å². The lowest BCUT2D eigenvalue weighted by atomic mass is 9.77. The zero-order chi connectivity index (χ0) is 20.8. The van der Waals surface area contributed by atoms with Gasteiger partial charge in [-0.3, -0.25) is 5.32 Å². The molecule has 3 atom stereocenters. The highest BCUT2D eigenvalue weighted by atomic mass is 35.5. The van der Waals surface area contributed by atoms with Crippen LogP contribution in [-0.4, -0.2) is 11.7 Å². The Labute approximate surface area is 181 Å². The lowest BCUT2D eigenvalue weighted by molar-refractivity contribution is 0.0636. The predicted molar refractivity (Wildman–Crippen MR) is 119 cm³/mol. The average Bonchev–Trinajstić information content (AvgIpc) is 3.10. The number of fused-ring (bicyclic) bond motifs is 3. The van der Waals surface area contributed by atoms with Gasteiger partial charge in [0, 0.05) is 27.3 Å². The lowest BCUT2D eigenvalue weighted by Crippen LogP contribution is -2.30. The molecule has 3 unspecified atom stereocenters. The number of carbonyl (C=O) groups excluding carboxylic acids is 1. The third-order valence-electron chi connectivity index (χ3n) is 5.31. The van der Waals surface area contributed by atoms with Crippen molar-refractivity contribution in [1.82, 2.24) is 0 Å². The molecule has 29 heavy (non-hydrogen) atoms. The number of rotatable bonds is 2. The Kier molecular flexibility index (Phi) is 5.26. The van der Waals surface area contributed by atoms with E-state index in [1.54, 1.807) is 6.07 Å². The zero-order valence-electron chi connectivity index (χ0n) is 16.6. The number of benzene rings is 2. The first-order valence-corrected chi connectivity index (χ1v) is 10.5. The van der Waals surface area contributed by atoms with Crippen molar-refractivity contribution in [3.8, 4) is 0 Å². The van der Waals surface area contributed by atoms with Crippen LogP contribution < -0.4 is 10.6 Å². The highest BCUT2D eigenvalue weighted by Gasteiger charge is 2.38. The van der Waals surface area contributed by atoms with E-state index in [1.165, 1.54) is 5.56 Å². The molecule has 1 aliphatic carbocycles. The van der Waals surface area contributed by atoms with Crippen molar-refractivity contribution in [2.45, 2.75) is 44.8 Å². The van der Waals surface area contributed by atoms with Gasteiger partial charge < -0.3 is 10.1 Å². The van der Waals surface area contributed by atoms with Crippen LogP contribution in [0.1, 0.15) is 50.3 Å². The molecule has 1 heterocycles. The van der Waals surface area contributed by atoms with E-state index in [0.29, 0.717) is 16.0 Å².